The second kappa shape index (κ2) is 10.4. The molecule has 0 radical (unpaired) electrons. The van der Waals surface area contributed by atoms with Crippen LogP contribution >= 0.6 is 11.6 Å². The first-order chi connectivity index (χ1) is 14.7. The zero-order valence-corrected chi connectivity index (χ0v) is 20.5. The van der Waals surface area contributed by atoms with E-state index in [-0.39, 0.29) is 10.3 Å². The van der Waals surface area contributed by atoms with Crippen LogP contribution in [0.5, 0.6) is 0 Å². The van der Waals surface area contributed by atoms with E-state index in [1.165, 1.54) is 43.9 Å². The zero-order valence-electron chi connectivity index (χ0n) is 18.9. The van der Waals surface area contributed by atoms with Crippen molar-refractivity contribution in [2.24, 2.45) is 5.92 Å². The second-order valence-corrected chi connectivity index (χ2v) is 11.2. The lowest BCUT2D eigenvalue weighted by Gasteiger charge is -2.45. The molecule has 3 rings (SSSR count). The summed E-state index contributed by atoms with van der Waals surface area (Å²) in [6.45, 7) is 10.2. The lowest BCUT2D eigenvalue weighted by Crippen LogP contribution is -2.47. The Bertz CT molecular complexity index is 979. The van der Waals surface area contributed by atoms with Gasteiger partial charge < -0.3 is 4.90 Å². The van der Waals surface area contributed by atoms with Crippen LogP contribution in [0.1, 0.15) is 58.4 Å². The average molecular weight is 463 g/mol. The number of anilines is 1. The largest absolute Gasteiger partial charge is 0.303 e. The quantitative estimate of drug-likeness (QED) is 0.443. The van der Waals surface area contributed by atoms with Crippen molar-refractivity contribution in [3.8, 4) is 0 Å². The molecular weight excluding hydrogens is 428 g/mol. The third-order valence-electron chi connectivity index (χ3n) is 6.78. The Balaban J connectivity index is 1.71. The molecule has 1 aliphatic heterocycles. The fraction of sp³-hybridized carbons (Fsp3) is 0.520. The predicted octanol–water partition coefficient (Wildman–Crippen LogP) is 6.32. The summed E-state index contributed by atoms with van der Waals surface area (Å²) in [5, 5.41) is 0.402. The van der Waals surface area contributed by atoms with E-state index in [1.54, 1.807) is 18.2 Å². The van der Waals surface area contributed by atoms with Gasteiger partial charge in [0.2, 0.25) is 0 Å². The standard InChI is InChI=1S/C25H35ClN2O2S/c1-4-5-6-7-15-28-16-14-25(3,20(2)19-28)21-10-8-12-23(17-21)27-31(29,30)24-13-9-11-22(26)18-24/h8-13,17-18,20,27H,4-7,14-16,19H2,1-3H3/t20-,25-/m0/s1. The highest BCUT2D eigenvalue weighted by Gasteiger charge is 2.38. The van der Waals surface area contributed by atoms with Crippen molar-refractivity contribution in [2.45, 2.75) is 63.2 Å². The topological polar surface area (TPSA) is 49.4 Å². The van der Waals surface area contributed by atoms with E-state index >= 15 is 0 Å². The van der Waals surface area contributed by atoms with Crippen LogP contribution < -0.4 is 4.72 Å². The molecule has 2 aromatic rings. The first kappa shape index (κ1) is 24.1. The van der Waals surface area contributed by atoms with Gasteiger partial charge in [0.25, 0.3) is 10.0 Å². The molecule has 1 aliphatic rings. The Morgan fingerprint density at radius 3 is 2.61 bits per heavy atom. The van der Waals surface area contributed by atoms with Gasteiger partial charge >= 0.3 is 0 Å². The minimum absolute atomic E-state index is 0.0252. The number of hydrogen-bond donors (Lipinski definition) is 1. The highest BCUT2D eigenvalue weighted by atomic mass is 35.5. The van der Waals surface area contributed by atoms with Crippen molar-refractivity contribution in [3.05, 3.63) is 59.1 Å². The minimum Gasteiger partial charge on any atom is -0.303 e. The molecule has 0 saturated carbocycles. The number of unbranched alkanes of at least 4 members (excludes halogenated alkanes) is 3. The fourth-order valence-corrected chi connectivity index (χ4v) is 5.85. The van der Waals surface area contributed by atoms with E-state index in [0.29, 0.717) is 16.6 Å². The molecule has 1 saturated heterocycles. The van der Waals surface area contributed by atoms with Crippen molar-refractivity contribution in [1.82, 2.24) is 4.90 Å². The van der Waals surface area contributed by atoms with Crippen molar-refractivity contribution < 1.29 is 8.42 Å². The van der Waals surface area contributed by atoms with Crippen LogP contribution in [0.2, 0.25) is 5.02 Å². The van der Waals surface area contributed by atoms with Crippen LogP contribution in [0.25, 0.3) is 0 Å². The van der Waals surface area contributed by atoms with Gasteiger partial charge in [0, 0.05) is 17.3 Å². The highest BCUT2D eigenvalue weighted by molar-refractivity contribution is 7.92. The van der Waals surface area contributed by atoms with Crippen molar-refractivity contribution in [1.29, 1.82) is 0 Å². The van der Waals surface area contributed by atoms with Crippen LogP contribution in [-0.4, -0.2) is 33.0 Å². The van der Waals surface area contributed by atoms with Gasteiger partial charge in [-0.05, 0) is 73.2 Å². The van der Waals surface area contributed by atoms with Crippen molar-refractivity contribution in [3.63, 3.8) is 0 Å². The molecular formula is C25H35ClN2O2S. The zero-order chi connectivity index (χ0) is 22.5. The number of benzene rings is 2. The molecule has 0 spiro atoms. The Kier molecular flexibility index (Phi) is 8.06. The molecule has 170 valence electrons. The summed E-state index contributed by atoms with van der Waals surface area (Å²) < 4.78 is 28.3. The summed E-state index contributed by atoms with van der Waals surface area (Å²) in [5.74, 6) is 0.493. The maximum absolute atomic E-state index is 12.8. The van der Waals surface area contributed by atoms with Gasteiger partial charge in [-0.3, -0.25) is 4.72 Å². The van der Waals surface area contributed by atoms with Crippen molar-refractivity contribution in [2.75, 3.05) is 24.4 Å². The second-order valence-electron chi connectivity index (χ2n) is 9.07. The van der Waals surface area contributed by atoms with Crippen molar-refractivity contribution >= 4 is 27.3 Å². The molecule has 0 unspecified atom stereocenters. The molecule has 0 aromatic heterocycles. The number of likely N-dealkylation sites (tertiary alicyclic amines) is 1. The maximum Gasteiger partial charge on any atom is 0.261 e. The lowest BCUT2D eigenvalue weighted by molar-refractivity contribution is 0.109. The maximum atomic E-state index is 12.8. The smallest absolute Gasteiger partial charge is 0.261 e. The van der Waals surface area contributed by atoms with Crippen LogP contribution in [0.4, 0.5) is 5.69 Å². The number of nitrogens with zero attached hydrogens (tertiary/aromatic N) is 1. The van der Waals surface area contributed by atoms with Gasteiger partial charge in [-0.2, -0.15) is 0 Å². The number of halogens is 1. The van der Waals surface area contributed by atoms with E-state index < -0.39 is 10.0 Å². The monoisotopic (exact) mass is 462 g/mol. The van der Waals surface area contributed by atoms with E-state index in [9.17, 15) is 8.42 Å². The normalized spacial score (nSPS) is 22.4. The summed E-state index contributed by atoms with van der Waals surface area (Å²) in [6, 6.07) is 14.2. The molecule has 6 heteroatoms. The van der Waals surface area contributed by atoms with E-state index in [2.05, 4.69) is 36.5 Å². The van der Waals surface area contributed by atoms with Crippen LogP contribution in [0.15, 0.2) is 53.4 Å². The molecule has 1 heterocycles. The van der Waals surface area contributed by atoms with E-state index in [4.69, 9.17) is 11.6 Å². The van der Waals surface area contributed by atoms with Gasteiger partial charge in [-0.15, -0.1) is 0 Å². The molecule has 0 bridgehead atoms. The lowest BCUT2D eigenvalue weighted by atomic mass is 9.68. The summed E-state index contributed by atoms with van der Waals surface area (Å²) in [7, 11) is -3.68. The fourth-order valence-electron chi connectivity index (χ4n) is 4.50. The Labute approximate surface area is 193 Å². The summed E-state index contributed by atoms with van der Waals surface area (Å²) in [5.41, 5.74) is 1.81. The molecule has 1 fully saturated rings. The molecule has 31 heavy (non-hydrogen) atoms. The third kappa shape index (κ3) is 6.03. The number of piperidine rings is 1. The summed E-state index contributed by atoms with van der Waals surface area (Å²) in [6.07, 6.45) is 6.25. The molecule has 0 amide bonds. The van der Waals surface area contributed by atoms with E-state index in [0.717, 1.165) is 19.5 Å². The Morgan fingerprint density at radius 1 is 1.13 bits per heavy atom. The number of sulfonamides is 1. The average Bonchev–Trinajstić information content (AvgIpc) is 2.74. The van der Waals surface area contributed by atoms with Gasteiger partial charge in [0.1, 0.15) is 0 Å². The molecule has 1 N–H and O–H groups in total. The first-order valence-corrected chi connectivity index (χ1v) is 13.2. The highest BCUT2D eigenvalue weighted by Crippen LogP contribution is 2.40. The first-order valence-electron chi connectivity index (χ1n) is 11.4. The summed E-state index contributed by atoms with van der Waals surface area (Å²) >= 11 is 5.98. The third-order valence-corrected chi connectivity index (χ3v) is 8.39. The Hall–Kier alpha value is -1.56. The van der Waals surface area contributed by atoms with Gasteiger partial charge in [0.05, 0.1) is 4.90 Å². The van der Waals surface area contributed by atoms with Crippen LogP contribution in [-0.2, 0) is 15.4 Å². The Morgan fingerprint density at radius 2 is 1.90 bits per heavy atom. The van der Waals surface area contributed by atoms with Crippen LogP contribution in [0, 0.1) is 5.92 Å². The van der Waals surface area contributed by atoms with Gasteiger partial charge in [-0.25, -0.2) is 8.42 Å². The van der Waals surface area contributed by atoms with Crippen LogP contribution in [0.3, 0.4) is 0 Å². The molecule has 2 atom stereocenters. The number of hydrogen-bond acceptors (Lipinski definition) is 3. The SMILES string of the molecule is CCCCCCN1CC[C@](C)(c2cccc(NS(=O)(=O)c3cccc(Cl)c3)c2)[C@@H](C)C1. The molecule has 4 nitrogen and oxygen atoms in total. The van der Waals surface area contributed by atoms with E-state index in [1.807, 2.05) is 18.2 Å². The molecule has 0 aliphatic carbocycles. The molecule has 2 aromatic carbocycles. The summed E-state index contributed by atoms with van der Waals surface area (Å²) in [4.78, 5) is 2.76. The van der Waals surface area contributed by atoms with Gasteiger partial charge in [-0.1, -0.05) is 69.8 Å². The number of nitrogens with one attached hydrogen (secondary N) is 1. The minimum atomic E-state index is -3.68. The number of rotatable bonds is 9. The van der Waals surface area contributed by atoms with Gasteiger partial charge in [0.15, 0.2) is 0 Å². The predicted molar refractivity (Wildman–Crippen MR) is 130 cm³/mol.